The van der Waals surface area contributed by atoms with E-state index in [-0.39, 0.29) is 36.6 Å². The number of nitrogens with two attached hydrogens (primary N) is 3. The Kier molecular flexibility index (Phi) is 13.5. The van der Waals surface area contributed by atoms with Crippen LogP contribution in [-0.2, 0) is 19.1 Å². The summed E-state index contributed by atoms with van der Waals surface area (Å²) >= 11 is 0. The van der Waals surface area contributed by atoms with Gasteiger partial charge in [-0.05, 0) is 56.8 Å². The van der Waals surface area contributed by atoms with Gasteiger partial charge in [0.15, 0.2) is 24.2 Å². The summed E-state index contributed by atoms with van der Waals surface area (Å²) < 4.78 is 16.5. The van der Waals surface area contributed by atoms with E-state index >= 15 is 0 Å². The molecule has 0 aromatic carbocycles. The Labute approximate surface area is 298 Å². The van der Waals surface area contributed by atoms with Gasteiger partial charge >= 0.3 is 0 Å². The number of hydrogen-bond donors (Lipinski definition) is 8. The molecule has 12 N–H and O–H groups in total. The van der Waals surface area contributed by atoms with E-state index in [1.165, 1.54) is 5.32 Å². The van der Waals surface area contributed by atoms with Crippen molar-refractivity contribution in [1.82, 2.24) is 0 Å². The maximum atomic E-state index is 14.0. The first-order valence-electron chi connectivity index (χ1n) is 18.5. The van der Waals surface area contributed by atoms with Crippen molar-refractivity contribution in [3.8, 4) is 0 Å². The Morgan fingerprint density at radius 2 is 1.90 bits per heavy atom. The molecule has 4 fully saturated rings. The van der Waals surface area contributed by atoms with Crippen LogP contribution < -0.4 is 26.6 Å². The van der Waals surface area contributed by atoms with Crippen LogP contribution in [0.3, 0.4) is 0 Å². The third-order valence-electron chi connectivity index (χ3n) is 12.2. The van der Waals surface area contributed by atoms with E-state index in [0.29, 0.717) is 44.9 Å². The first-order valence-corrected chi connectivity index (χ1v) is 18.5. The van der Waals surface area contributed by atoms with Crippen molar-refractivity contribution in [1.29, 1.82) is 0 Å². The maximum absolute atomic E-state index is 14.0. The van der Waals surface area contributed by atoms with E-state index in [1.54, 1.807) is 12.8 Å². The third-order valence-corrected chi connectivity index (χ3v) is 12.2. The standard InChI is InChI=1S/C35H56N4O12/c1-17(9-11-37-2)20(13-18-10-12-38-15-18)16-39-33(47)35(48)30(43)27(42)29(32(45)46)51-34(35)49-22-7-8-23-24(14-22)50-28(31(36)44)25(26(23)41)19-3-5-21(40)6-4-19/h10,12,15,17,19-30,33-34,37,39-43,48H,3-9,11,13-14,16H2,1-2H3,(H2,36,44)(H,45,46)/p+2/t17-,19?,20-,21?,22?,23?,24?,25?,26?,27+,28?,29-,30-,33+,34+,35+/m0/s1. The average Bonchev–Trinajstić information content (AvgIpc) is 3.62. The molecular formula is C35H58N4O12+2. The van der Waals surface area contributed by atoms with Gasteiger partial charge in [-0.2, -0.15) is 0 Å². The summed E-state index contributed by atoms with van der Waals surface area (Å²) in [6, 6.07) is 0. The highest BCUT2D eigenvalue weighted by Gasteiger charge is 2.61. The van der Waals surface area contributed by atoms with Gasteiger partial charge in [-0.25, -0.2) is 0 Å². The number of carboxylic acid groups (broad SMARTS) is 1. The largest absolute Gasteiger partial charge is 0.804 e. The number of quaternary nitrogens is 2. The van der Waals surface area contributed by atoms with Crippen LogP contribution in [0.5, 0.6) is 0 Å². The molecule has 16 nitrogen and oxygen atoms in total. The predicted molar refractivity (Wildman–Crippen MR) is 175 cm³/mol. The summed E-state index contributed by atoms with van der Waals surface area (Å²) in [6.45, 7) is 4.89. The molecule has 2 saturated carbocycles. The SMILES string of the molecule is C[NH2+]CC[C@H](C)[C@H](C[NH2+][C@H]([O-])[C@@]1(O)[C@H](OC2CCC3C(C2)[OH+]C(C(N)=O)C(C2CCC(O)CC2)C3O)O[C@H](C(=O)[O-])[C@@H](O)[C@@H]1O)CC1=C[CH+]N=C1. The zero-order valence-electron chi connectivity index (χ0n) is 29.5. The van der Waals surface area contributed by atoms with Gasteiger partial charge in [-0.3, -0.25) is 4.79 Å². The third kappa shape index (κ3) is 8.78. The Bertz CT molecular complexity index is 1250. The number of aliphatic carboxylic acids is 1. The lowest BCUT2D eigenvalue weighted by molar-refractivity contribution is -0.837. The fourth-order valence-corrected chi connectivity index (χ4v) is 9.02. The summed E-state index contributed by atoms with van der Waals surface area (Å²) in [5.41, 5.74) is 4.00. The zero-order valence-corrected chi connectivity index (χ0v) is 29.5. The highest BCUT2D eigenvalue weighted by atomic mass is 16.7. The number of hydrogen-bond acceptors (Lipinski definition) is 12. The number of carbonyl (C=O) groups is 2. The Hall–Kier alpha value is -2.22. The molecule has 0 aromatic rings. The number of carboxylic acids is 1. The summed E-state index contributed by atoms with van der Waals surface area (Å²) in [5, 5.41) is 84.7. The van der Waals surface area contributed by atoms with E-state index in [1.807, 2.05) is 13.1 Å². The van der Waals surface area contributed by atoms with Crippen molar-refractivity contribution < 1.29 is 70.2 Å². The van der Waals surface area contributed by atoms with Gasteiger partial charge in [-0.1, -0.05) is 6.92 Å². The number of nitrogens with zero attached hydrogens (tertiary/aromatic N) is 1. The second-order valence-electron chi connectivity index (χ2n) is 15.5. The zero-order chi connectivity index (χ0) is 37.0. The first-order chi connectivity index (χ1) is 24.3. The molecule has 0 aromatic heterocycles. The molecule has 288 valence electrons. The summed E-state index contributed by atoms with van der Waals surface area (Å²) in [5.74, 6) is -3.20. The summed E-state index contributed by atoms with van der Waals surface area (Å²) in [6.07, 6.45) is -5.75. The Balaban J connectivity index is 1.31. The molecule has 5 rings (SSSR count). The van der Waals surface area contributed by atoms with Crippen LogP contribution in [0.15, 0.2) is 16.6 Å². The van der Waals surface area contributed by atoms with Gasteiger partial charge in [0.05, 0.1) is 68.6 Å². The van der Waals surface area contributed by atoms with Crippen molar-refractivity contribution in [2.75, 3.05) is 20.1 Å². The summed E-state index contributed by atoms with van der Waals surface area (Å²) in [7, 11) is 1.97. The molecule has 51 heavy (non-hydrogen) atoms. The minimum atomic E-state index is -2.79. The molecule has 3 aliphatic heterocycles. The number of aliphatic hydroxyl groups excluding tert-OH is 4. The van der Waals surface area contributed by atoms with Gasteiger partial charge in [0.25, 0.3) is 5.91 Å². The molecule has 16 heteroatoms. The van der Waals surface area contributed by atoms with Crippen molar-refractivity contribution in [3.63, 3.8) is 0 Å². The van der Waals surface area contributed by atoms with Crippen molar-refractivity contribution in [2.45, 2.75) is 132 Å². The smallest absolute Gasteiger partial charge is 0.297 e. The predicted octanol–water partition coefficient (Wildman–Crippen LogP) is -5.96. The van der Waals surface area contributed by atoms with Gasteiger partial charge in [0.1, 0.15) is 30.4 Å². The van der Waals surface area contributed by atoms with Crippen molar-refractivity contribution >= 4 is 18.1 Å². The molecule has 0 spiro atoms. The van der Waals surface area contributed by atoms with E-state index < -0.39 is 84.7 Å². The molecular weight excluding hydrogens is 668 g/mol. The topological polar surface area (TPSA) is 284 Å². The van der Waals surface area contributed by atoms with Crippen LogP contribution in [0.4, 0.5) is 0 Å². The van der Waals surface area contributed by atoms with Crippen LogP contribution in [0.25, 0.3) is 0 Å². The minimum absolute atomic E-state index is 0.0218. The van der Waals surface area contributed by atoms with Gasteiger partial charge in [-0.15, -0.1) is 4.99 Å². The van der Waals surface area contributed by atoms with E-state index in [0.717, 1.165) is 18.5 Å². The maximum Gasteiger partial charge on any atom is 0.297 e. The number of aliphatic imine (C=N–C) groups is 1. The molecule has 1 amide bonds. The molecule has 2 aliphatic carbocycles. The van der Waals surface area contributed by atoms with Crippen molar-refractivity contribution in [2.24, 2.45) is 40.3 Å². The second kappa shape index (κ2) is 17.3. The van der Waals surface area contributed by atoms with Crippen molar-refractivity contribution in [3.05, 3.63) is 18.2 Å². The quantitative estimate of drug-likeness (QED) is 0.0447. The van der Waals surface area contributed by atoms with Gasteiger partial charge < -0.3 is 71.1 Å². The van der Waals surface area contributed by atoms with Gasteiger partial charge in [0.2, 0.25) is 6.10 Å². The Morgan fingerprint density at radius 1 is 1.18 bits per heavy atom. The lowest BCUT2D eigenvalue weighted by atomic mass is 9.66. The number of aliphatic hydroxyl groups is 7. The lowest BCUT2D eigenvalue weighted by Crippen LogP contribution is -3.02. The molecule has 0 bridgehead atoms. The highest BCUT2D eigenvalue weighted by molar-refractivity contribution is 5.82. The fraction of sp³-hybridized carbons (Fsp3) is 0.829. The monoisotopic (exact) mass is 726 g/mol. The number of amides is 1. The highest BCUT2D eigenvalue weighted by Crippen LogP contribution is 2.45. The molecule has 0 radical (unpaired) electrons. The molecule has 5 aliphatic rings. The molecule has 2 saturated heterocycles. The van der Waals surface area contributed by atoms with Crippen LogP contribution in [-0.4, -0.2) is 135 Å². The van der Waals surface area contributed by atoms with Crippen LogP contribution in [0, 0.1) is 36.1 Å². The average molecular weight is 727 g/mol. The number of carbonyl (C=O) groups excluding carboxylic acids is 2. The van der Waals surface area contributed by atoms with Crippen LogP contribution in [0.2, 0.25) is 0 Å². The molecule has 14 atom stereocenters. The summed E-state index contributed by atoms with van der Waals surface area (Å²) in [4.78, 5) is 28.7. The minimum Gasteiger partial charge on any atom is -0.804 e. The molecule has 6 unspecified atom stereocenters. The number of primary amides is 1. The first kappa shape index (κ1) is 40.0. The van der Waals surface area contributed by atoms with Crippen LogP contribution >= 0.6 is 0 Å². The normalized spacial score (nSPS) is 41.5. The number of fused-ring (bicyclic) bond motifs is 1. The van der Waals surface area contributed by atoms with E-state index in [9.17, 15) is 45.3 Å². The lowest BCUT2D eigenvalue weighted by Gasteiger charge is -2.53. The number of ether oxygens (including phenoxy) is 3. The van der Waals surface area contributed by atoms with Crippen LogP contribution in [0.1, 0.15) is 64.7 Å². The second-order valence-corrected chi connectivity index (χ2v) is 15.5. The van der Waals surface area contributed by atoms with E-state index in [2.05, 4.69) is 17.2 Å². The Morgan fingerprint density at radius 3 is 2.53 bits per heavy atom. The fourth-order valence-electron chi connectivity index (χ4n) is 9.02. The molecule has 3 heterocycles. The van der Waals surface area contributed by atoms with Gasteiger partial charge in [0, 0.05) is 18.8 Å². The van der Waals surface area contributed by atoms with E-state index in [4.69, 9.17) is 19.9 Å². The number of rotatable bonds is 15. The number of allylic oxidation sites excluding steroid dienone is 1.